The van der Waals surface area contributed by atoms with Gasteiger partial charge in [-0.3, -0.25) is 9.69 Å². The summed E-state index contributed by atoms with van der Waals surface area (Å²) in [6.45, 7) is 6.61. The average Bonchev–Trinajstić information content (AvgIpc) is 2.89. The summed E-state index contributed by atoms with van der Waals surface area (Å²) in [6, 6.07) is 16.1. The molecule has 1 fully saturated rings. The van der Waals surface area contributed by atoms with Crippen molar-refractivity contribution in [1.82, 2.24) is 0 Å². The van der Waals surface area contributed by atoms with Gasteiger partial charge in [0.25, 0.3) is 0 Å². The van der Waals surface area contributed by atoms with Crippen molar-refractivity contribution in [3.8, 4) is 0 Å². The molecule has 0 N–H and O–H groups in total. The topological polar surface area (TPSA) is 20.3 Å². The maximum absolute atomic E-state index is 12.3. The van der Waals surface area contributed by atoms with Gasteiger partial charge in [0.15, 0.2) is 0 Å². The second-order valence-corrected chi connectivity index (χ2v) is 8.28. The molecule has 1 aliphatic rings. The maximum Gasteiger partial charge on any atom is 0.238 e. The lowest BCUT2D eigenvalue weighted by atomic mass is 9.86. The van der Waals surface area contributed by atoms with Gasteiger partial charge in [-0.1, -0.05) is 56.6 Å². The van der Waals surface area contributed by atoms with E-state index < -0.39 is 0 Å². The Hall–Kier alpha value is -1.45. The van der Waals surface area contributed by atoms with E-state index in [0.717, 1.165) is 11.3 Å². The Morgan fingerprint density at radius 2 is 1.65 bits per heavy atom. The number of rotatable bonds is 2. The molecule has 120 valence electrons. The SMILES string of the molecule is CC(C)(C)c1ccc([C@@H]2SCC(=O)N2c2ccc(Cl)cc2)cc1. The molecule has 0 bridgehead atoms. The summed E-state index contributed by atoms with van der Waals surface area (Å²) in [5.41, 5.74) is 3.49. The van der Waals surface area contributed by atoms with Gasteiger partial charge in [0, 0.05) is 10.7 Å². The summed E-state index contributed by atoms with van der Waals surface area (Å²) in [5.74, 6) is 0.649. The number of anilines is 1. The third-order valence-electron chi connectivity index (χ3n) is 4.03. The van der Waals surface area contributed by atoms with Gasteiger partial charge in [-0.2, -0.15) is 0 Å². The number of carbonyl (C=O) groups is 1. The Balaban J connectivity index is 1.91. The molecule has 2 aromatic carbocycles. The van der Waals surface area contributed by atoms with Gasteiger partial charge in [-0.15, -0.1) is 11.8 Å². The predicted molar refractivity (Wildman–Crippen MR) is 99.3 cm³/mol. The third-order valence-corrected chi connectivity index (χ3v) is 5.50. The molecule has 1 saturated heterocycles. The van der Waals surface area contributed by atoms with Crippen molar-refractivity contribution in [3.05, 3.63) is 64.7 Å². The minimum Gasteiger partial charge on any atom is -0.295 e. The highest BCUT2D eigenvalue weighted by molar-refractivity contribution is 8.00. The lowest BCUT2D eigenvalue weighted by Crippen LogP contribution is -2.27. The molecule has 0 radical (unpaired) electrons. The number of hydrogen-bond donors (Lipinski definition) is 0. The number of halogens is 1. The Labute approximate surface area is 146 Å². The minimum atomic E-state index is 0.0256. The fraction of sp³-hybridized carbons (Fsp3) is 0.316. The smallest absolute Gasteiger partial charge is 0.238 e. The molecule has 23 heavy (non-hydrogen) atoms. The third kappa shape index (κ3) is 3.41. The van der Waals surface area contributed by atoms with Crippen LogP contribution in [-0.2, 0) is 10.2 Å². The fourth-order valence-electron chi connectivity index (χ4n) is 2.70. The van der Waals surface area contributed by atoms with E-state index in [1.54, 1.807) is 11.8 Å². The lowest BCUT2D eigenvalue weighted by molar-refractivity contribution is -0.115. The molecule has 0 spiro atoms. The summed E-state index contributed by atoms with van der Waals surface area (Å²) in [6.07, 6.45) is 0. The van der Waals surface area contributed by atoms with Crippen LogP contribution in [0.2, 0.25) is 5.02 Å². The highest BCUT2D eigenvalue weighted by Gasteiger charge is 2.34. The first kappa shape index (κ1) is 16.4. The van der Waals surface area contributed by atoms with E-state index in [1.807, 2.05) is 29.2 Å². The molecule has 0 aliphatic carbocycles. The van der Waals surface area contributed by atoms with Gasteiger partial charge in [-0.05, 0) is 40.8 Å². The van der Waals surface area contributed by atoms with Crippen molar-refractivity contribution in [2.45, 2.75) is 31.6 Å². The zero-order chi connectivity index (χ0) is 16.6. The number of benzene rings is 2. The Kier molecular flexibility index (Phi) is 4.43. The van der Waals surface area contributed by atoms with Crippen molar-refractivity contribution in [3.63, 3.8) is 0 Å². The Morgan fingerprint density at radius 1 is 1.04 bits per heavy atom. The zero-order valence-electron chi connectivity index (χ0n) is 13.5. The van der Waals surface area contributed by atoms with Crippen molar-refractivity contribution in [2.75, 3.05) is 10.7 Å². The Morgan fingerprint density at radius 3 is 2.22 bits per heavy atom. The van der Waals surface area contributed by atoms with Crippen LogP contribution in [0.3, 0.4) is 0 Å². The summed E-state index contributed by atoms with van der Waals surface area (Å²) in [5, 5.41) is 0.705. The van der Waals surface area contributed by atoms with Gasteiger partial charge >= 0.3 is 0 Å². The molecule has 1 aliphatic heterocycles. The maximum atomic E-state index is 12.3. The summed E-state index contributed by atoms with van der Waals surface area (Å²) < 4.78 is 0. The van der Waals surface area contributed by atoms with Crippen LogP contribution in [0, 0.1) is 0 Å². The molecular formula is C19H20ClNOS. The Bertz CT molecular complexity index is 704. The average molecular weight is 346 g/mol. The number of carbonyl (C=O) groups excluding carboxylic acids is 1. The second-order valence-electron chi connectivity index (χ2n) is 6.78. The fourth-order valence-corrected chi connectivity index (χ4v) is 4.00. The number of amides is 1. The van der Waals surface area contributed by atoms with Gasteiger partial charge in [0.05, 0.1) is 5.75 Å². The van der Waals surface area contributed by atoms with E-state index >= 15 is 0 Å². The molecule has 0 saturated carbocycles. The molecule has 1 heterocycles. The highest BCUT2D eigenvalue weighted by Crippen LogP contribution is 2.42. The van der Waals surface area contributed by atoms with Gasteiger partial charge in [0.1, 0.15) is 5.37 Å². The minimum absolute atomic E-state index is 0.0256. The molecule has 2 nitrogen and oxygen atoms in total. The monoisotopic (exact) mass is 345 g/mol. The van der Waals surface area contributed by atoms with Crippen molar-refractivity contribution >= 4 is 35.0 Å². The molecule has 3 rings (SSSR count). The lowest BCUT2D eigenvalue weighted by Gasteiger charge is -2.25. The van der Waals surface area contributed by atoms with Crippen molar-refractivity contribution < 1.29 is 4.79 Å². The molecular weight excluding hydrogens is 326 g/mol. The predicted octanol–water partition coefficient (Wildman–Crippen LogP) is 5.42. The van der Waals surface area contributed by atoms with Crippen LogP contribution in [0.4, 0.5) is 5.69 Å². The molecule has 0 unspecified atom stereocenters. The normalized spacial score (nSPS) is 18.5. The van der Waals surface area contributed by atoms with E-state index in [0.29, 0.717) is 10.8 Å². The van der Waals surface area contributed by atoms with E-state index in [1.165, 1.54) is 5.56 Å². The quantitative estimate of drug-likeness (QED) is 0.724. The summed E-state index contributed by atoms with van der Waals surface area (Å²) >= 11 is 7.63. The van der Waals surface area contributed by atoms with Gasteiger partial charge in [0.2, 0.25) is 5.91 Å². The molecule has 1 amide bonds. The standard InChI is InChI=1S/C19H20ClNOS/c1-19(2,3)14-6-4-13(5-7-14)18-21(17(22)12-23-18)16-10-8-15(20)9-11-16/h4-11,18H,12H2,1-3H3/t18-/m0/s1. The van der Waals surface area contributed by atoms with Crippen LogP contribution < -0.4 is 4.90 Å². The molecule has 2 aromatic rings. The largest absolute Gasteiger partial charge is 0.295 e. The second kappa shape index (κ2) is 6.21. The highest BCUT2D eigenvalue weighted by atomic mass is 35.5. The van der Waals surface area contributed by atoms with Crippen LogP contribution in [0.25, 0.3) is 0 Å². The van der Waals surface area contributed by atoms with Crippen molar-refractivity contribution in [1.29, 1.82) is 0 Å². The number of hydrogen-bond acceptors (Lipinski definition) is 2. The first-order valence-corrected chi connectivity index (χ1v) is 9.08. The van der Waals surface area contributed by atoms with E-state index in [-0.39, 0.29) is 16.7 Å². The van der Waals surface area contributed by atoms with E-state index in [2.05, 4.69) is 45.0 Å². The molecule has 1 atom stereocenters. The number of nitrogens with zero attached hydrogens (tertiary/aromatic N) is 1. The van der Waals surface area contributed by atoms with E-state index in [9.17, 15) is 4.79 Å². The van der Waals surface area contributed by atoms with Gasteiger partial charge < -0.3 is 0 Å². The first-order valence-electron chi connectivity index (χ1n) is 7.66. The van der Waals surface area contributed by atoms with Crippen LogP contribution >= 0.6 is 23.4 Å². The van der Waals surface area contributed by atoms with Crippen LogP contribution in [0.15, 0.2) is 48.5 Å². The molecule has 4 heteroatoms. The van der Waals surface area contributed by atoms with Crippen LogP contribution in [0.1, 0.15) is 37.3 Å². The van der Waals surface area contributed by atoms with E-state index in [4.69, 9.17) is 11.6 Å². The summed E-state index contributed by atoms with van der Waals surface area (Å²) in [4.78, 5) is 14.2. The van der Waals surface area contributed by atoms with Crippen LogP contribution in [0.5, 0.6) is 0 Å². The summed E-state index contributed by atoms with van der Waals surface area (Å²) in [7, 11) is 0. The number of thioether (sulfide) groups is 1. The zero-order valence-corrected chi connectivity index (χ0v) is 15.1. The molecule has 0 aromatic heterocycles. The van der Waals surface area contributed by atoms with Crippen LogP contribution in [-0.4, -0.2) is 11.7 Å². The van der Waals surface area contributed by atoms with Gasteiger partial charge in [-0.25, -0.2) is 0 Å². The first-order chi connectivity index (χ1) is 10.9. The van der Waals surface area contributed by atoms with Crippen molar-refractivity contribution in [2.24, 2.45) is 0 Å².